The van der Waals surface area contributed by atoms with Crippen molar-refractivity contribution < 1.29 is 4.74 Å². The Morgan fingerprint density at radius 3 is 2.83 bits per heavy atom. The molecule has 1 aromatic rings. The van der Waals surface area contributed by atoms with E-state index in [9.17, 15) is 0 Å². The Hall–Kier alpha value is -0.510. The van der Waals surface area contributed by atoms with Gasteiger partial charge < -0.3 is 10.1 Å². The van der Waals surface area contributed by atoms with Gasteiger partial charge in [-0.3, -0.25) is 0 Å². The van der Waals surface area contributed by atoms with E-state index in [0.717, 1.165) is 31.9 Å². The third-order valence-electron chi connectivity index (χ3n) is 3.21. The third-order valence-corrected chi connectivity index (χ3v) is 4.22. The van der Waals surface area contributed by atoms with E-state index in [2.05, 4.69) is 35.6 Å². The predicted molar refractivity (Wildman–Crippen MR) is 78.2 cm³/mol. The van der Waals surface area contributed by atoms with Crippen molar-refractivity contribution in [3.63, 3.8) is 0 Å². The van der Waals surface area contributed by atoms with E-state index in [1.54, 1.807) is 0 Å². The zero-order valence-electron chi connectivity index (χ0n) is 10.9. The van der Waals surface area contributed by atoms with E-state index < -0.39 is 0 Å². The van der Waals surface area contributed by atoms with Gasteiger partial charge in [0, 0.05) is 23.8 Å². The molecule has 3 heteroatoms. The van der Waals surface area contributed by atoms with Crippen LogP contribution in [0.4, 0.5) is 0 Å². The summed E-state index contributed by atoms with van der Waals surface area (Å²) in [5.41, 5.74) is 0. The highest BCUT2D eigenvalue weighted by molar-refractivity contribution is 7.99. The van der Waals surface area contributed by atoms with Crippen LogP contribution in [0.25, 0.3) is 0 Å². The molecule has 1 fully saturated rings. The minimum absolute atomic E-state index is 0.507. The van der Waals surface area contributed by atoms with Crippen molar-refractivity contribution in [2.45, 2.75) is 36.7 Å². The average Bonchev–Trinajstić information content (AvgIpc) is 2.45. The Kier molecular flexibility index (Phi) is 6.62. The number of nitrogens with one attached hydrogen (secondary N) is 1. The smallest absolute Gasteiger partial charge is 0.0587 e. The van der Waals surface area contributed by atoms with E-state index >= 15 is 0 Å². The maximum Gasteiger partial charge on any atom is 0.0587 e. The summed E-state index contributed by atoms with van der Waals surface area (Å²) >= 11 is 1.91. The van der Waals surface area contributed by atoms with Gasteiger partial charge in [-0.2, -0.15) is 0 Å². The van der Waals surface area contributed by atoms with Gasteiger partial charge in [0.2, 0.25) is 0 Å². The minimum atomic E-state index is 0.507. The fourth-order valence-corrected chi connectivity index (χ4v) is 3.01. The van der Waals surface area contributed by atoms with E-state index in [1.807, 2.05) is 11.8 Å². The first-order valence-electron chi connectivity index (χ1n) is 6.95. The molecule has 0 amide bonds. The van der Waals surface area contributed by atoms with Crippen LogP contribution in [-0.2, 0) is 4.74 Å². The van der Waals surface area contributed by atoms with Gasteiger partial charge in [0.15, 0.2) is 0 Å². The number of ether oxygens (including phenoxy) is 1. The Labute approximate surface area is 114 Å². The first-order valence-corrected chi connectivity index (χ1v) is 7.94. The highest BCUT2D eigenvalue weighted by atomic mass is 32.2. The summed E-state index contributed by atoms with van der Waals surface area (Å²) in [5.74, 6) is 1.13. The Balaban J connectivity index is 1.46. The molecule has 1 aliphatic rings. The van der Waals surface area contributed by atoms with Gasteiger partial charge >= 0.3 is 0 Å². The SMILES string of the molecule is c1ccc(SCCNCCC2CCCCO2)cc1. The maximum atomic E-state index is 5.71. The summed E-state index contributed by atoms with van der Waals surface area (Å²) < 4.78 is 5.71. The Morgan fingerprint density at radius 1 is 1.17 bits per heavy atom. The van der Waals surface area contributed by atoms with Crippen molar-refractivity contribution >= 4 is 11.8 Å². The van der Waals surface area contributed by atoms with Crippen LogP contribution in [0.3, 0.4) is 0 Å². The molecule has 2 rings (SSSR count). The Bertz CT molecular complexity index is 312. The summed E-state index contributed by atoms with van der Waals surface area (Å²) in [4.78, 5) is 1.36. The maximum absolute atomic E-state index is 5.71. The molecule has 100 valence electrons. The molecule has 1 atom stereocenters. The molecule has 0 saturated carbocycles. The topological polar surface area (TPSA) is 21.3 Å². The number of rotatable bonds is 7. The van der Waals surface area contributed by atoms with Crippen molar-refractivity contribution in [3.8, 4) is 0 Å². The van der Waals surface area contributed by atoms with Crippen LogP contribution in [0.15, 0.2) is 35.2 Å². The van der Waals surface area contributed by atoms with Crippen molar-refractivity contribution in [3.05, 3.63) is 30.3 Å². The lowest BCUT2D eigenvalue weighted by molar-refractivity contribution is 0.0117. The molecule has 0 aromatic heterocycles. The molecule has 1 aromatic carbocycles. The van der Waals surface area contributed by atoms with Crippen LogP contribution in [0, 0.1) is 0 Å². The monoisotopic (exact) mass is 265 g/mol. The molecule has 18 heavy (non-hydrogen) atoms. The largest absolute Gasteiger partial charge is 0.378 e. The minimum Gasteiger partial charge on any atom is -0.378 e. The van der Waals surface area contributed by atoms with Crippen molar-refractivity contribution in [2.75, 3.05) is 25.4 Å². The van der Waals surface area contributed by atoms with Crippen LogP contribution in [0.2, 0.25) is 0 Å². The van der Waals surface area contributed by atoms with Gasteiger partial charge in [-0.15, -0.1) is 11.8 Å². The second-order valence-corrected chi connectivity index (χ2v) is 5.86. The molecule has 1 unspecified atom stereocenters. The van der Waals surface area contributed by atoms with Gasteiger partial charge in [-0.25, -0.2) is 0 Å². The van der Waals surface area contributed by atoms with Crippen molar-refractivity contribution in [1.82, 2.24) is 5.32 Å². The first kappa shape index (κ1) is 13.9. The summed E-state index contributed by atoms with van der Waals surface area (Å²) in [7, 11) is 0. The molecule has 1 heterocycles. The molecule has 0 aliphatic carbocycles. The molecule has 1 saturated heterocycles. The van der Waals surface area contributed by atoms with E-state index in [4.69, 9.17) is 4.74 Å². The van der Waals surface area contributed by atoms with Crippen LogP contribution < -0.4 is 5.32 Å². The van der Waals surface area contributed by atoms with Gasteiger partial charge in [0.1, 0.15) is 0 Å². The lowest BCUT2D eigenvalue weighted by Crippen LogP contribution is -2.26. The molecule has 1 aliphatic heterocycles. The van der Waals surface area contributed by atoms with Gasteiger partial charge in [0.25, 0.3) is 0 Å². The second-order valence-electron chi connectivity index (χ2n) is 4.69. The van der Waals surface area contributed by atoms with Crippen LogP contribution in [0.5, 0.6) is 0 Å². The molecule has 0 spiro atoms. The van der Waals surface area contributed by atoms with Gasteiger partial charge in [-0.05, 0) is 44.4 Å². The quantitative estimate of drug-likeness (QED) is 0.603. The summed E-state index contributed by atoms with van der Waals surface area (Å²) in [6, 6.07) is 10.6. The average molecular weight is 265 g/mol. The molecular formula is C15H23NOS. The van der Waals surface area contributed by atoms with E-state index in [-0.39, 0.29) is 0 Å². The molecular weight excluding hydrogens is 242 g/mol. The van der Waals surface area contributed by atoms with Gasteiger partial charge in [-0.1, -0.05) is 18.2 Å². The highest BCUT2D eigenvalue weighted by Gasteiger charge is 2.12. The first-order chi connectivity index (χ1) is 8.95. The summed E-state index contributed by atoms with van der Waals surface area (Å²) in [5, 5.41) is 3.50. The van der Waals surface area contributed by atoms with Crippen LogP contribution >= 0.6 is 11.8 Å². The molecule has 0 radical (unpaired) electrons. The number of hydrogen-bond donors (Lipinski definition) is 1. The van der Waals surface area contributed by atoms with E-state index in [1.165, 1.54) is 24.2 Å². The summed E-state index contributed by atoms with van der Waals surface area (Å²) in [6.45, 7) is 3.13. The highest BCUT2D eigenvalue weighted by Crippen LogP contribution is 2.16. The predicted octanol–water partition coefficient (Wildman–Crippen LogP) is 3.33. The second kappa shape index (κ2) is 8.57. The third kappa shape index (κ3) is 5.42. The summed E-state index contributed by atoms with van der Waals surface area (Å²) in [6.07, 6.45) is 5.51. The lowest BCUT2D eigenvalue weighted by Gasteiger charge is -2.22. The number of thioether (sulfide) groups is 1. The normalized spacial score (nSPS) is 19.9. The molecule has 0 bridgehead atoms. The Morgan fingerprint density at radius 2 is 2.06 bits per heavy atom. The lowest BCUT2D eigenvalue weighted by atomic mass is 10.1. The number of benzene rings is 1. The molecule has 2 nitrogen and oxygen atoms in total. The number of hydrogen-bond acceptors (Lipinski definition) is 3. The standard InChI is InChI=1S/C15H23NOS/c1-2-7-15(8-3-1)18-13-11-16-10-9-14-6-4-5-12-17-14/h1-3,7-8,14,16H,4-6,9-13H2. The van der Waals surface area contributed by atoms with Crippen LogP contribution in [0.1, 0.15) is 25.7 Å². The fourth-order valence-electron chi connectivity index (χ4n) is 2.18. The zero-order valence-corrected chi connectivity index (χ0v) is 11.8. The van der Waals surface area contributed by atoms with Crippen LogP contribution in [-0.4, -0.2) is 31.6 Å². The fraction of sp³-hybridized carbons (Fsp3) is 0.600. The zero-order chi connectivity index (χ0) is 12.5. The van der Waals surface area contributed by atoms with Gasteiger partial charge in [0.05, 0.1) is 6.10 Å². The van der Waals surface area contributed by atoms with Crippen molar-refractivity contribution in [2.24, 2.45) is 0 Å². The van der Waals surface area contributed by atoms with Crippen molar-refractivity contribution in [1.29, 1.82) is 0 Å². The van der Waals surface area contributed by atoms with E-state index in [0.29, 0.717) is 6.10 Å². The molecule has 1 N–H and O–H groups in total.